The van der Waals surface area contributed by atoms with E-state index in [1.807, 2.05) is 13.8 Å². The summed E-state index contributed by atoms with van der Waals surface area (Å²) < 4.78 is 13.3. The monoisotopic (exact) mass is 222 g/mol. The highest BCUT2D eigenvalue weighted by Gasteiger charge is 2.12. The van der Waals surface area contributed by atoms with Crippen molar-refractivity contribution >= 4 is 11.8 Å². The predicted octanol–water partition coefficient (Wildman–Crippen LogP) is 2.10. The zero-order chi connectivity index (χ0) is 12.1. The van der Waals surface area contributed by atoms with Crippen LogP contribution in [0.5, 0.6) is 0 Å². The Hall–Kier alpha value is -1.91. The molecule has 1 aromatic rings. The van der Waals surface area contributed by atoms with Crippen molar-refractivity contribution in [2.24, 2.45) is 0 Å². The first-order valence-corrected chi connectivity index (χ1v) is 4.95. The van der Waals surface area contributed by atoms with Crippen LogP contribution in [-0.4, -0.2) is 23.0 Å². The smallest absolute Gasteiger partial charge is 0.168 e. The van der Waals surface area contributed by atoms with Crippen molar-refractivity contribution in [3.8, 4) is 0 Å². The van der Waals surface area contributed by atoms with E-state index in [9.17, 15) is 4.39 Å². The number of rotatable bonds is 5. The third-order valence-electron chi connectivity index (χ3n) is 2.21. The van der Waals surface area contributed by atoms with Gasteiger partial charge in [0.25, 0.3) is 0 Å². The van der Waals surface area contributed by atoms with Gasteiger partial charge in [0.05, 0.1) is 6.20 Å². The van der Waals surface area contributed by atoms with Gasteiger partial charge in [0, 0.05) is 29.6 Å². The Bertz CT molecular complexity index is 431. The Kier molecular flexibility index (Phi) is 3.99. The average Bonchev–Trinajstić information content (AvgIpc) is 2.65. The minimum absolute atomic E-state index is 0.218. The maximum absolute atomic E-state index is 13.3. The Morgan fingerprint density at radius 2 is 2.44 bits per heavy atom. The number of hydrogen-bond donors (Lipinski definition) is 3. The minimum atomic E-state index is -0.464. The number of H-pyrrole nitrogens is 1. The van der Waals surface area contributed by atoms with E-state index < -0.39 is 5.82 Å². The van der Waals surface area contributed by atoms with Crippen LogP contribution in [0.1, 0.15) is 19.5 Å². The van der Waals surface area contributed by atoms with E-state index in [2.05, 4.69) is 22.1 Å². The third-order valence-corrected chi connectivity index (χ3v) is 2.21. The summed E-state index contributed by atoms with van der Waals surface area (Å²) in [6.45, 7) is 8.28. The van der Waals surface area contributed by atoms with Gasteiger partial charge in [-0.1, -0.05) is 6.58 Å². The summed E-state index contributed by atoms with van der Waals surface area (Å²) >= 11 is 0. The summed E-state index contributed by atoms with van der Waals surface area (Å²) in [4.78, 5) is 0. The topological polar surface area (TPSA) is 64.6 Å². The molecule has 16 heavy (non-hydrogen) atoms. The molecule has 0 saturated heterocycles. The second kappa shape index (κ2) is 5.25. The van der Waals surface area contributed by atoms with Crippen LogP contribution in [0.25, 0.3) is 5.57 Å². The number of aromatic nitrogens is 2. The van der Waals surface area contributed by atoms with E-state index in [-0.39, 0.29) is 5.69 Å². The van der Waals surface area contributed by atoms with E-state index in [4.69, 9.17) is 5.41 Å². The van der Waals surface area contributed by atoms with Crippen molar-refractivity contribution in [1.29, 1.82) is 5.41 Å². The fraction of sp³-hybridized carbons (Fsp3) is 0.273. The molecule has 0 amide bonds. The molecule has 1 rings (SSSR count). The van der Waals surface area contributed by atoms with Crippen molar-refractivity contribution in [2.75, 3.05) is 6.54 Å². The highest BCUT2D eigenvalue weighted by Crippen LogP contribution is 2.21. The van der Waals surface area contributed by atoms with Crippen molar-refractivity contribution < 1.29 is 4.39 Å². The summed E-state index contributed by atoms with van der Waals surface area (Å²) in [5, 5.41) is 16.5. The van der Waals surface area contributed by atoms with Crippen molar-refractivity contribution in [3.05, 3.63) is 35.6 Å². The van der Waals surface area contributed by atoms with Gasteiger partial charge in [-0.15, -0.1) is 0 Å². The largest absolute Gasteiger partial charge is 0.388 e. The molecule has 0 fully saturated rings. The first-order chi connectivity index (χ1) is 7.61. The molecule has 0 unspecified atom stereocenters. The summed E-state index contributed by atoms with van der Waals surface area (Å²) in [5.74, 6) is -0.464. The lowest BCUT2D eigenvalue weighted by Crippen LogP contribution is -2.13. The van der Waals surface area contributed by atoms with Gasteiger partial charge in [-0.2, -0.15) is 5.10 Å². The maximum Gasteiger partial charge on any atom is 0.168 e. The molecule has 0 bridgehead atoms. The van der Waals surface area contributed by atoms with Crippen LogP contribution in [0.3, 0.4) is 0 Å². The van der Waals surface area contributed by atoms with E-state index in [1.54, 1.807) is 0 Å². The molecule has 0 spiro atoms. The molecule has 1 heterocycles. The zero-order valence-corrected chi connectivity index (χ0v) is 9.39. The Morgan fingerprint density at radius 1 is 1.75 bits per heavy atom. The van der Waals surface area contributed by atoms with Crippen molar-refractivity contribution in [3.63, 3.8) is 0 Å². The van der Waals surface area contributed by atoms with Crippen molar-refractivity contribution in [2.45, 2.75) is 13.8 Å². The lowest BCUT2D eigenvalue weighted by atomic mass is 10.0. The Morgan fingerprint density at radius 3 is 2.88 bits per heavy atom. The third kappa shape index (κ3) is 2.36. The number of halogens is 1. The molecule has 4 nitrogen and oxygen atoms in total. The number of allylic oxidation sites excluding steroid dienone is 3. The first-order valence-electron chi connectivity index (χ1n) is 4.95. The molecule has 0 saturated carbocycles. The molecule has 0 aliphatic heterocycles. The van der Waals surface area contributed by atoms with Gasteiger partial charge >= 0.3 is 0 Å². The van der Waals surface area contributed by atoms with Crippen LogP contribution in [-0.2, 0) is 0 Å². The highest BCUT2D eigenvalue weighted by atomic mass is 19.1. The molecule has 0 atom stereocenters. The van der Waals surface area contributed by atoms with E-state index in [0.29, 0.717) is 11.1 Å². The van der Waals surface area contributed by atoms with E-state index in [0.717, 1.165) is 24.7 Å². The summed E-state index contributed by atoms with van der Waals surface area (Å²) in [7, 11) is 0. The van der Waals surface area contributed by atoms with Crippen LogP contribution in [0.15, 0.2) is 24.0 Å². The predicted molar refractivity (Wildman–Crippen MR) is 62.7 cm³/mol. The molecular formula is C11H15FN4. The molecule has 5 heteroatoms. The Balaban J connectivity index is 3.08. The second-order valence-corrected chi connectivity index (χ2v) is 3.28. The molecule has 0 radical (unpaired) electrons. The number of nitrogens with one attached hydrogen (secondary N) is 3. The molecule has 0 aliphatic rings. The van der Waals surface area contributed by atoms with E-state index >= 15 is 0 Å². The standard InChI is InChI=1S/C11H15FN4/c1-4-14-8(3)9(5-13)7(2)11-10(12)6-15-16-11/h5-6,13-14H,2,4H2,1,3H3,(H,15,16)/b9-8+,13-5?. The van der Waals surface area contributed by atoms with Crippen LogP contribution in [0.4, 0.5) is 4.39 Å². The summed E-state index contributed by atoms with van der Waals surface area (Å²) in [6.07, 6.45) is 2.24. The number of hydrogen-bond acceptors (Lipinski definition) is 3. The summed E-state index contributed by atoms with van der Waals surface area (Å²) in [6, 6.07) is 0. The SMILES string of the molecule is C=C(/C(C=N)=C(\C)NCC)c1[nH]ncc1F. The van der Waals surface area contributed by atoms with Crippen LogP contribution in [0, 0.1) is 11.2 Å². The average molecular weight is 222 g/mol. The lowest BCUT2D eigenvalue weighted by Gasteiger charge is -2.10. The molecule has 0 aromatic carbocycles. The van der Waals surface area contributed by atoms with Crippen LogP contribution >= 0.6 is 0 Å². The molecule has 86 valence electrons. The number of nitrogens with zero attached hydrogens (tertiary/aromatic N) is 1. The van der Waals surface area contributed by atoms with Gasteiger partial charge < -0.3 is 10.7 Å². The molecule has 0 aliphatic carbocycles. The number of aromatic amines is 1. The van der Waals surface area contributed by atoms with Gasteiger partial charge in [0.2, 0.25) is 0 Å². The van der Waals surface area contributed by atoms with E-state index in [1.165, 1.54) is 0 Å². The first kappa shape index (κ1) is 12.2. The van der Waals surface area contributed by atoms with Gasteiger partial charge in [-0.25, -0.2) is 4.39 Å². The van der Waals surface area contributed by atoms with Crippen LogP contribution in [0.2, 0.25) is 0 Å². The molecular weight excluding hydrogens is 207 g/mol. The highest BCUT2D eigenvalue weighted by molar-refractivity contribution is 5.98. The van der Waals surface area contributed by atoms with Gasteiger partial charge in [-0.05, 0) is 13.8 Å². The van der Waals surface area contributed by atoms with Gasteiger partial charge in [0.15, 0.2) is 5.82 Å². The maximum atomic E-state index is 13.3. The minimum Gasteiger partial charge on any atom is -0.388 e. The van der Waals surface area contributed by atoms with Gasteiger partial charge in [-0.3, -0.25) is 5.10 Å². The Labute approximate surface area is 93.8 Å². The zero-order valence-electron chi connectivity index (χ0n) is 9.39. The van der Waals surface area contributed by atoms with Gasteiger partial charge in [0.1, 0.15) is 5.69 Å². The van der Waals surface area contributed by atoms with Crippen LogP contribution < -0.4 is 5.32 Å². The second-order valence-electron chi connectivity index (χ2n) is 3.28. The summed E-state index contributed by atoms with van der Waals surface area (Å²) in [5.41, 5.74) is 1.99. The van der Waals surface area contributed by atoms with Crippen molar-refractivity contribution in [1.82, 2.24) is 15.5 Å². The molecule has 3 N–H and O–H groups in total. The fourth-order valence-electron chi connectivity index (χ4n) is 1.40. The quantitative estimate of drug-likeness (QED) is 0.527. The lowest BCUT2D eigenvalue weighted by molar-refractivity contribution is 0.625. The fourth-order valence-corrected chi connectivity index (χ4v) is 1.40. The normalized spacial score (nSPS) is 11.9. The molecule has 1 aromatic heterocycles.